The van der Waals surface area contributed by atoms with Crippen molar-refractivity contribution in [3.63, 3.8) is 0 Å². The Bertz CT molecular complexity index is 294. The Morgan fingerprint density at radius 3 is 2.50 bits per heavy atom. The maximum absolute atomic E-state index is 11.4. The standard InChI is InChI=1S/C9H16ClNO2S/c1-4-5-9(3)11-14(12,13)7-8(2)6-10/h1,8-9,11H,5-7H2,2-3H3. The SMILES string of the molecule is C#CCC(C)NS(=O)(=O)CC(C)CCl. The van der Waals surface area contributed by atoms with Gasteiger partial charge in [-0.15, -0.1) is 23.9 Å². The van der Waals surface area contributed by atoms with E-state index in [2.05, 4.69) is 10.6 Å². The first-order valence-electron chi connectivity index (χ1n) is 4.40. The third kappa shape index (κ3) is 6.25. The molecule has 5 heteroatoms. The summed E-state index contributed by atoms with van der Waals surface area (Å²) in [6.07, 6.45) is 5.47. The van der Waals surface area contributed by atoms with Gasteiger partial charge in [-0.25, -0.2) is 13.1 Å². The van der Waals surface area contributed by atoms with Crippen LogP contribution in [0.1, 0.15) is 20.3 Å². The monoisotopic (exact) mass is 237 g/mol. The number of rotatable bonds is 6. The highest BCUT2D eigenvalue weighted by Crippen LogP contribution is 2.03. The Balaban J connectivity index is 4.15. The van der Waals surface area contributed by atoms with E-state index in [1.54, 1.807) is 13.8 Å². The molecule has 0 radical (unpaired) electrons. The average molecular weight is 238 g/mol. The van der Waals surface area contributed by atoms with Crippen molar-refractivity contribution < 1.29 is 8.42 Å². The van der Waals surface area contributed by atoms with Crippen molar-refractivity contribution in [1.82, 2.24) is 4.72 Å². The first-order valence-corrected chi connectivity index (χ1v) is 6.59. The fourth-order valence-electron chi connectivity index (χ4n) is 0.992. The van der Waals surface area contributed by atoms with Crippen LogP contribution in [-0.4, -0.2) is 26.1 Å². The fraction of sp³-hybridized carbons (Fsp3) is 0.778. The minimum atomic E-state index is -3.24. The van der Waals surface area contributed by atoms with Gasteiger partial charge in [0.15, 0.2) is 0 Å². The summed E-state index contributed by atoms with van der Waals surface area (Å²) < 4.78 is 25.4. The van der Waals surface area contributed by atoms with E-state index in [1.165, 1.54) is 0 Å². The van der Waals surface area contributed by atoms with Crippen LogP contribution >= 0.6 is 11.6 Å². The lowest BCUT2D eigenvalue weighted by Gasteiger charge is -2.13. The molecule has 0 rings (SSSR count). The van der Waals surface area contributed by atoms with Crippen LogP contribution in [0.3, 0.4) is 0 Å². The molecule has 0 amide bonds. The van der Waals surface area contributed by atoms with Crippen LogP contribution in [0.15, 0.2) is 0 Å². The smallest absolute Gasteiger partial charge is 0.212 e. The van der Waals surface area contributed by atoms with Crippen LogP contribution in [0.2, 0.25) is 0 Å². The van der Waals surface area contributed by atoms with Crippen molar-refractivity contribution in [2.45, 2.75) is 26.3 Å². The third-order valence-corrected chi connectivity index (χ3v) is 3.87. The van der Waals surface area contributed by atoms with Crippen molar-refractivity contribution in [1.29, 1.82) is 0 Å². The van der Waals surface area contributed by atoms with Gasteiger partial charge in [0.05, 0.1) is 5.75 Å². The maximum atomic E-state index is 11.4. The van der Waals surface area contributed by atoms with Gasteiger partial charge in [-0.1, -0.05) is 6.92 Å². The first-order chi connectivity index (χ1) is 6.41. The molecule has 1 N–H and O–H groups in total. The Morgan fingerprint density at radius 1 is 1.50 bits per heavy atom. The molecular weight excluding hydrogens is 222 g/mol. The van der Waals surface area contributed by atoms with Gasteiger partial charge in [-0.05, 0) is 12.8 Å². The van der Waals surface area contributed by atoms with E-state index in [4.69, 9.17) is 18.0 Å². The van der Waals surface area contributed by atoms with Crippen LogP contribution in [0, 0.1) is 18.3 Å². The van der Waals surface area contributed by atoms with Crippen LogP contribution in [0.4, 0.5) is 0 Å². The molecule has 0 aromatic carbocycles. The number of nitrogens with one attached hydrogen (secondary N) is 1. The average Bonchev–Trinajstić information content (AvgIpc) is 2.02. The molecule has 0 heterocycles. The second kappa shape index (κ2) is 6.28. The van der Waals surface area contributed by atoms with Crippen molar-refractivity contribution in [3.05, 3.63) is 0 Å². The molecule has 0 aliphatic rings. The summed E-state index contributed by atoms with van der Waals surface area (Å²) in [4.78, 5) is 0. The minimum Gasteiger partial charge on any atom is -0.212 e. The normalized spacial score (nSPS) is 15.9. The summed E-state index contributed by atoms with van der Waals surface area (Å²) in [6, 6.07) is -0.215. The van der Waals surface area contributed by atoms with Crippen molar-refractivity contribution in [3.8, 4) is 12.3 Å². The van der Waals surface area contributed by atoms with Crippen LogP contribution in [-0.2, 0) is 10.0 Å². The maximum Gasteiger partial charge on any atom is 0.212 e. The lowest BCUT2D eigenvalue weighted by atomic mass is 10.3. The summed E-state index contributed by atoms with van der Waals surface area (Å²) in [6.45, 7) is 3.53. The fourth-order valence-corrected chi connectivity index (χ4v) is 2.89. The van der Waals surface area contributed by atoms with Crippen molar-refractivity contribution in [2.75, 3.05) is 11.6 Å². The third-order valence-electron chi connectivity index (χ3n) is 1.57. The number of terminal acetylenes is 1. The van der Waals surface area contributed by atoms with Gasteiger partial charge in [-0.2, -0.15) is 0 Å². The first kappa shape index (κ1) is 13.8. The van der Waals surface area contributed by atoms with Gasteiger partial charge in [-0.3, -0.25) is 0 Å². The molecule has 3 nitrogen and oxygen atoms in total. The largest absolute Gasteiger partial charge is 0.212 e. The zero-order chi connectivity index (χ0) is 11.2. The van der Waals surface area contributed by atoms with E-state index in [-0.39, 0.29) is 17.7 Å². The molecule has 2 unspecified atom stereocenters. The van der Waals surface area contributed by atoms with Gasteiger partial charge in [0.2, 0.25) is 10.0 Å². The molecule has 0 saturated carbocycles. The van der Waals surface area contributed by atoms with Gasteiger partial charge in [0.1, 0.15) is 0 Å². The number of hydrogen-bond donors (Lipinski definition) is 1. The Labute approximate surface area is 91.3 Å². The van der Waals surface area contributed by atoms with Gasteiger partial charge in [0, 0.05) is 18.3 Å². The number of sulfonamides is 1. The number of alkyl halides is 1. The highest BCUT2D eigenvalue weighted by Gasteiger charge is 2.17. The number of halogens is 1. The lowest BCUT2D eigenvalue weighted by Crippen LogP contribution is -2.36. The molecular formula is C9H16ClNO2S. The van der Waals surface area contributed by atoms with E-state index in [1.807, 2.05) is 0 Å². The Hall–Kier alpha value is -0.240. The predicted molar refractivity (Wildman–Crippen MR) is 59.7 cm³/mol. The van der Waals surface area contributed by atoms with E-state index >= 15 is 0 Å². The van der Waals surface area contributed by atoms with Crippen molar-refractivity contribution in [2.24, 2.45) is 5.92 Å². The van der Waals surface area contributed by atoms with E-state index in [9.17, 15) is 8.42 Å². The second-order valence-corrected chi connectivity index (χ2v) is 5.58. The summed E-state index contributed by atoms with van der Waals surface area (Å²) in [5, 5.41) is 0. The zero-order valence-electron chi connectivity index (χ0n) is 8.46. The molecule has 14 heavy (non-hydrogen) atoms. The van der Waals surface area contributed by atoms with E-state index < -0.39 is 10.0 Å². The van der Waals surface area contributed by atoms with Gasteiger partial charge < -0.3 is 0 Å². The minimum absolute atomic E-state index is 0.0470. The summed E-state index contributed by atoms with van der Waals surface area (Å²) >= 11 is 5.53. The van der Waals surface area contributed by atoms with Crippen molar-refractivity contribution >= 4 is 21.6 Å². The van der Waals surface area contributed by atoms with Crippen LogP contribution in [0.5, 0.6) is 0 Å². The summed E-state index contributed by atoms with van der Waals surface area (Å²) in [7, 11) is -3.24. The zero-order valence-corrected chi connectivity index (χ0v) is 10.0. The quantitative estimate of drug-likeness (QED) is 0.557. The van der Waals surface area contributed by atoms with Crippen LogP contribution < -0.4 is 4.72 Å². The molecule has 0 aromatic heterocycles. The highest BCUT2D eigenvalue weighted by atomic mass is 35.5. The van der Waals surface area contributed by atoms with Gasteiger partial charge >= 0.3 is 0 Å². The van der Waals surface area contributed by atoms with E-state index in [0.717, 1.165) is 0 Å². The lowest BCUT2D eigenvalue weighted by molar-refractivity contribution is 0.552. The summed E-state index contributed by atoms with van der Waals surface area (Å²) in [5.41, 5.74) is 0. The Morgan fingerprint density at radius 2 is 2.07 bits per heavy atom. The molecule has 0 aliphatic carbocycles. The topological polar surface area (TPSA) is 46.2 Å². The highest BCUT2D eigenvalue weighted by molar-refractivity contribution is 7.89. The van der Waals surface area contributed by atoms with E-state index in [0.29, 0.717) is 12.3 Å². The molecule has 82 valence electrons. The van der Waals surface area contributed by atoms with Gasteiger partial charge in [0.25, 0.3) is 0 Å². The molecule has 0 saturated heterocycles. The molecule has 0 aromatic rings. The Kier molecular flexibility index (Phi) is 6.17. The molecule has 0 aliphatic heterocycles. The second-order valence-electron chi connectivity index (χ2n) is 3.47. The molecule has 0 bridgehead atoms. The molecule has 0 fully saturated rings. The molecule has 2 atom stereocenters. The van der Waals surface area contributed by atoms with Crippen LogP contribution in [0.25, 0.3) is 0 Å². The number of hydrogen-bond acceptors (Lipinski definition) is 2. The summed E-state index contributed by atoms with van der Waals surface area (Å²) in [5.74, 6) is 2.74. The molecule has 0 spiro atoms. The predicted octanol–water partition coefficient (Wildman–Crippen LogP) is 1.19.